The van der Waals surface area contributed by atoms with Gasteiger partial charge in [0, 0.05) is 13.2 Å². The minimum Gasteiger partial charge on any atom is -0.465 e. The van der Waals surface area contributed by atoms with E-state index in [9.17, 15) is 4.79 Å². The lowest BCUT2D eigenvalue weighted by atomic mass is 10.1. The zero-order valence-corrected chi connectivity index (χ0v) is 11.2. The Balaban J connectivity index is 2.31. The van der Waals surface area contributed by atoms with Crippen molar-refractivity contribution in [3.05, 3.63) is 35.4 Å². The van der Waals surface area contributed by atoms with Gasteiger partial charge in [0.15, 0.2) is 0 Å². The fourth-order valence-corrected chi connectivity index (χ4v) is 1.67. The number of carbonyl (C=O) groups excluding carboxylic acids is 1. The Morgan fingerprint density at radius 1 is 1.32 bits per heavy atom. The van der Waals surface area contributed by atoms with E-state index >= 15 is 0 Å². The van der Waals surface area contributed by atoms with E-state index < -0.39 is 0 Å². The van der Waals surface area contributed by atoms with Crippen LogP contribution in [0.4, 0.5) is 0 Å². The predicted octanol–water partition coefficient (Wildman–Crippen LogP) is 0.962. The number of carbonyl (C=O) groups is 1. The summed E-state index contributed by atoms with van der Waals surface area (Å²) in [6, 6.07) is 7.38. The van der Waals surface area contributed by atoms with Crippen molar-refractivity contribution in [2.45, 2.75) is 13.0 Å². The normalized spacial score (nSPS) is 10.4. The number of nitrogens with one attached hydrogen (secondary N) is 1. The number of aliphatic hydroxyl groups excluding tert-OH is 1. The lowest BCUT2D eigenvalue weighted by Crippen LogP contribution is -2.19. The predicted molar refractivity (Wildman–Crippen MR) is 72.0 cm³/mol. The van der Waals surface area contributed by atoms with Crippen molar-refractivity contribution < 1.29 is 19.4 Å². The van der Waals surface area contributed by atoms with Gasteiger partial charge in [-0.2, -0.15) is 0 Å². The summed E-state index contributed by atoms with van der Waals surface area (Å²) in [7, 11) is 1.38. The van der Waals surface area contributed by atoms with E-state index in [1.54, 1.807) is 6.07 Å². The van der Waals surface area contributed by atoms with Crippen LogP contribution in [-0.2, 0) is 16.0 Å². The summed E-state index contributed by atoms with van der Waals surface area (Å²) in [6.07, 6.45) is 0.861. The average Bonchev–Trinajstić information content (AvgIpc) is 2.46. The van der Waals surface area contributed by atoms with Gasteiger partial charge in [0.25, 0.3) is 0 Å². The summed E-state index contributed by atoms with van der Waals surface area (Å²) >= 11 is 0. The number of benzene rings is 1. The van der Waals surface area contributed by atoms with Crippen LogP contribution in [0.1, 0.15) is 22.3 Å². The number of ether oxygens (including phenoxy) is 2. The molecule has 0 aliphatic carbocycles. The molecule has 0 unspecified atom stereocenters. The zero-order chi connectivity index (χ0) is 13.9. The first-order valence-electron chi connectivity index (χ1n) is 6.35. The van der Waals surface area contributed by atoms with Crippen molar-refractivity contribution in [2.75, 3.05) is 33.5 Å². The van der Waals surface area contributed by atoms with Gasteiger partial charge >= 0.3 is 5.97 Å². The molecule has 5 heteroatoms. The number of aliphatic hydroxyl groups is 1. The third-order valence-electron chi connectivity index (χ3n) is 2.62. The lowest BCUT2D eigenvalue weighted by Gasteiger charge is -2.09. The Morgan fingerprint density at radius 2 is 2.11 bits per heavy atom. The van der Waals surface area contributed by atoms with Crippen molar-refractivity contribution in [3.8, 4) is 0 Å². The number of rotatable bonds is 9. The SMILES string of the molecule is COC(=O)c1ccccc1CNCCCOCCO. The highest BCUT2D eigenvalue weighted by Gasteiger charge is 2.09. The molecule has 0 radical (unpaired) electrons. The maximum atomic E-state index is 11.5. The minimum absolute atomic E-state index is 0.0555. The second-order valence-corrected chi connectivity index (χ2v) is 4.02. The van der Waals surface area contributed by atoms with Gasteiger partial charge in [-0.05, 0) is 24.6 Å². The number of methoxy groups -OCH3 is 1. The van der Waals surface area contributed by atoms with Crippen LogP contribution >= 0.6 is 0 Å². The molecule has 0 saturated carbocycles. The molecule has 5 nitrogen and oxygen atoms in total. The molecule has 19 heavy (non-hydrogen) atoms. The molecule has 0 saturated heterocycles. The molecule has 1 aromatic rings. The van der Waals surface area contributed by atoms with Crippen molar-refractivity contribution in [2.24, 2.45) is 0 Å². The van der Waals surface area contributed by atoms with Gasteiger partial charge in [-0.3, -0.25) is 0 Å². The van der Waals surface area contributed by atoms with Crippen LogP contribution < -0.4 is 5.32 Å². The summed E-state index contributed by atoms with van der Waals surface area (Å²) in [6.45, 7) is 2.46. The first-order valence-corrected chi connectivity index (χ1v) is 6.35. The Hall–Kier alpha value is -1.43. The molecule has 1 rings (SSSR count). The Labute approximate surface area is 113 Å². The van der Waals surface area contributed by atoms with E-state index in [0.717, 1.165) is 18.5 Å². The Bertz CT molecular complexity index is 381. The van der Waals surface area contributed by atoms with E-state index in [-0.39, 0.29) is 12.6 Å². The van der Waals surface area contributed by atoms with Crippen LogP contribution in [0.5, 0.6) is 0 Å². The van der Waals surface area contributed by atoms with Crippen LogP contribution in [0.2, 0.25) is 0 Å². The van der Waals surface area contributed by atoms with Crippen molar-refractivity contribution in [1.29, 1.82) is 0 Å². The van der Waals surface area contributed by atoms with E-state index in [1.165, 1.54) is 7.11 Å². The molecule has 2 N–H and O–H groups in total. The maximum Gasteiger partial charge on any atom is 0.338 e. The Kier molecular flexibility index (Phi) is 7.81. The van der Waals surface area contributed by atoms with Crippen LogP contribution in [0.3, 0.4) is 0 Å². The van der Waals surface area contributed by atoms with Gasteiger partial charge in [-0.25, -0.2) is 4.79 Å². The molecule has 0 aromatic heterocycles. The van der Waals surface area contributed by atoms with Crippen LogP contribution in [-0.4, -0.2) is 44.6 Å². The molecule has 0 aliphatic rings. The van der Waals surface area contributed by atoms with E-state index in [1.807, 2.05) is 18.2 Å². The van der Waals surface area contributed by atoms with Gasteiger partial charge < -0.3 is 19.9 Å². The first kappa shape index (κ1) is 15.6. The van der Waals surface area contributed by atoms with Crippen LogP contribution in [0, 0.1) is 0 Å². The van der Waals surface area contributed by atoms with Crippen LogP contribution in [0.15, 0.2) is 24.3 Å². The standard InChI is InChI=1S/C14H21NO4/c1-18-14(17)13-6-3-2-5-12(13)11-15-7-4-9-19-10-8-16/h2-3,5-6,15-16H,4,7-11H2,1H3. The molecule has 0 amide bonds. The van der Waals surface area contributed by atoms with Gasteiger partial charge in [-0.15, -0.1) is 0 Å². The van der Waals surface area contributed by atoms with E-state index in [0.29, 0.717) is 25.3 Å². The maximum absolute atomic E-state index is 11.5. The molecule has 0 spiro atoms. The lowest BCUT2D eigenvalue weighted by molar-refractivity contribution is 0.0599. The smallest absolute Gasteiger partial charge is 0.338 e. The highest BCUT2D eigenvalue weighted by molar-refractivity contribution is 5.90. The van der Waals surface area contributed by atoms with E-state index in [2.05, 4.69) is 5.32 Å². The molecule has 0 heterocycles. The second kappa shape index (κ2) is 9.49. The van der Waals surface area contributed by atoms with Crippen molar-refractivity contribution in [1.82, 2.24) is 5.32 Å². The third-order valence-corrected chi connectivity index (χ3v) is 2.62. The second-order valence-electron chi connectivity index (χ2n) is 4.02. The number of esters is 1. The third kappa shape index (κ3) is 5.83. The topological polar surface area (TPSA) is 67.8 Å². The average molecular weight is 267 g/mol. The number of hydrogen-bond donors (Lipinski definition) is 2. The van der Waals surface area contributed by atoms with Crippen molar-refractivity contribution in [3.63, 3.8) is 0 Å². The molecule has 0 aliphatic heterocycles. The van der Waals surface area contributed by atoms with Gasteiger partial charge in [0.05, 0.1) is 25.9 Å². The molecule has 106 valence electrons. The molecule has 1 aromatic carbocycles. The molecular formula is C14H21NO4. The summed E-state index contributed by atoms with van der Waals surface area (Å²) in [5, 5.41) is 11.8. The molecule has 0 bridgehead atoms. The van der Waals surface area contributed by atoms with Gasteiger partial charge in [-0.1, -0.05) is 18.2 Å². The quantitative estimate of drug-likeness (QED) is 0.515. The summed E-state index contributed by atoms with van der Waals surface area (Å²) < 4.78 is 9.89. The first-order chi connectivity index (χ1) is 9.29. The minimum atomic E-state index is -0.316. The fourth-order valence-electron chi connectivity index (χ4n) is 1.67. The molecular weight excluding hydrogens is 246 g/mol. The van der Waals surface area contributed by atoms with Gasteiger partial charge in [0.1, 0.15) is 0 Å². The highest BCUT2D eigenvalue weighted by atomic mass is 16.5. The highest BCUT2D eigenvalue weighted by Crippen LogP contribution is 2.09. The Morgan fingerprint density at radius 3 is 2.84 bits per heavy atom. The van der Waals surface area contributed by atoms with Crippen LogP contribution in [0.25, 0.3) is 0 Å². The zero-order valence-electron chi connectivity index (χ0n) is 11.2. The number of hydrogen-bond acceptors (Lipinski definition) is 5. The van der Waals surface area contributed by atoms with Crippen molar-refractivity contribution >= 4 is 5.97 Å². The van der Waals surface area contributed by atoms with E-state index in [4.69, 9.17) is 14.6 Å². The molecule has 0 atom stereocenters. The monoisotopic (exact) mass is 267 g/mol. The fraction of sp³-hybridized carbons (Fsp3) is 0.500. The summed E-state index contributed by atoms with van der Waals surface area (Å²) in [4.78, 5) is 11.5. The summed E-state index contributed by atoms with van der Waals surface area (Å²) in [5.74, 6) is -0.316. The largest absolute Gasteiger partial charge is 0.465 e. The summed E-state index contributed by atoms with van der Waals surface area (Å²) in [5.41, 5.74) is 1.51. The molecule has 0 fully saturated rings. The van der Waals surface area contributed by atoms with Gasteiger partial charge in [0.2, 0.25) is 0 Å².